The fraction of sp³-hybridized carbons (Fsp3) is 0.579. The number of nitrogens with two attached hydrogens (primary N) is 2. The molecule has 0 spiro atoms. The number of aromatic nitrogens is 4. The second-order valence-electron chi connectivity index (χ2n) is 7.54. The van der Waals surface area contributed by atoms with Gasteiger partial charge in [0.2, 0.25) is 11.9 Å². The lowest BCUT2D eigenvalue weighted by Gasteiger charge is -2.24. The van der Waals surface area contributed by atoms with E-state index in [9.17, 15) is 9.59 Å². The minimum absolute atomic E-state index is 0.0334. The number of nitrogen functional groups attached to an aromatic ring is 1. The van der Waals surface area contributed by atoms with Gasteiger partial charge in [0.1, 0.15) is 0 Å². The molecule has 2 rings (SSSR count). The van der Waals surface area contributed by atoms with Crippen LogP contribution in [-0.2, 0) is 16.1 Å². The van der Waals surface area contributed by atoms with E-state index in [1.807, 2.05) is 13.8 Å². The SMILES string of the molecule is CC(C)(CCCNC(=O)CCCn1c(N)nc2c(nc(Br)n2C=CCO)c1=O)OCN. The predicted octanol–water partition coefficient (Wildman–Crippen LogP) is 0.789. The second kappa shape index (κ2) is 11.4. The first-order chi connectivity index (χ1) is 14.7. The van der Waals surface area contributed by atoms with Crippen molar-refractivity contribution >= 4 is 45.1 Å². The van der Waals surface area contributed by atoms with Crippen molar-refractivity contribution in [2.45, 2.75) is 51.7 Å². The molecule has 0 aliphatic rings. The molecule has 2 aromatic rings. The van der Waals surface area contributed by atoms with Gasteiger partial charge in [0.15, 0.2) is 15.9 Å². The van der Waals surface area contributed by atoms with Crippen LogP contribution < -0.4 is 22.3 Å². The summed E-state index contributed by atoms with van der Waals surface area (Å²) in [5.41, 5.74) is 11.1. The average molecular weight is 500 g/mol. The number of halogens is 1. The topological polar surface area (TPSA) is 163 Å². The summed E-state index contributed by atoms with van der Waals surface area (Å²) in [5.74, 6) is -0.0644. The van der Waals surface area contributed by atoms with E-state index in [-0.39, 0.29) is 60.5 Å². The smallest absolute Gasteiger partial charge is 0.283 e. The normalized spacial score (nSPS) is 12.2. The van der Waals surface area contributed by atoms with Gasteiger partial charge in [-0.25, -0.2) is 4.98 Å². The van der Waals surface area contributed by atoms with E-state index in [0.29, 0.717) is 17.7 Å². The Morgan fingerprint density at radius 3 is 2.77 bits per heavy atom. The maximum atomic E-state index is 12.8. The molecule has 0 aliphatic heterocycles. The van der Waals surface area contributed by atoms with Gasteiger partial charge < -0.3 is 26.6 Å². The fourth-order valence-corrected chi connectivity index (χ4v) is 3.54. The Balaban J connectivity index is 1.92. The van der Waals surface area contributed by atoms with Crippen molar-refractivity contribution in [3.05, 3.63) is 21.2 Å². The van der Waals surface area contributed by atoms with Crippen LogP contribution in [0.2, 0.25) is 0 Å². The zero-order valence-corrected chi connectivity index (χ0v) is 19.4. The molecule has 1 amide bonds. The number of carbonyl (C=O) groups excluding carboxylic acids is 1. The van der Waals surface area contributed by atoms with Crippen molar-refractivity contribution in [2.24, 2.45) is 5.73 Å². The van der Waals surface area contributed by atoms with Crippen LogP contribution in [0.5, 0.6) is 0 Å². The van der Waals surface area contributed by atoms with Crippen LogP contribution in [0.3, 0.4) is 0 Å². The number of amides is 1. The quantitative estimate of drug-likeness (QED) is 0.189. The lowest BCUT2D eigenvalue weighted by molar-refractivity contribution is -0.121. The largest absolute Gasteiger partial charge is 0.392 e. The van der Waals surface area contributed by atoms with Gasteiger partial charge >= 0.3 is 0 Å². The van der Waals surface area contributed by atoms with Gasteiger partial charge in [-0.3, -0.25) is 18.7 Å². The number of nitrogens with one attached hydrogen (secondary N) is 1. The third-order valence-electron chi connectivity index (χ3n) is 4.68. The molecule has 0 unspecified atom stereocenters. The number of aliphatic hydroxyl groups is 1. The zero-order chi connectivity index (χ0) is 23.0. The molecule has 0 saturated heterocycles. The maximum absolute atomic E-state index is 12.8. The summed E-state index contributed by atoms with van der Waals surface area (Å²) >= 11 is 3.27. The van der Waals surface area contributed by atoms with Crippen molar-refractivity contribution in [3.63, 3.8) is 0 Å². The summed E-state index contributed by atoms with van der Waals surface area (Å²) in [6.07, 6.45) is 5.26. The Bertz CT molecular complexity index is 984. The molecule has 0 aromatic carbocycles. The van der Waals surface area contributed by atoms with Gasteiger partial charge in [-0.1, -0.05) is 0 Å². The predicted molar refractivity (Wildman–Crippen MR) is 122 cm³/mol. The van der Waals surface area contributed by atoms with Crippen molar-refractivity contribution < 1.29 is 14.6 Å². The second-order valence-corrected chi connectivity index (χ2v) is 8.25. The highest BCUT2D eigenvalue weighted by atomic mass is 79.9. The number of rotatable bonds is 12. The Morgan fingerprint density at radius 2 is 2.10 bits per heavy atom. The molecule has 172 valence electrons. The molecule has 0 aliphatic carbocycles. The van der Waals surface area contributed by atoms with Crippen LogP contribution in [0.15, 0.2) is 15.6 Å². The van der Waals surface area contributed by atoms with Crippen LogP contribution in [0.1, 0.15) is 39.5 Å². The molecule has 0 bridgehead atoms. The molecule has 31 heavy (non-hydrogen) atoms. The van der Waals surface area contributed by atoms with Gasteiger partial charge in [-0.15, -0.1) is 0 Å². The molecule has 0 fully saturated rings. The molecule has 0 radical (unpaired) electrons. The van der Waals surface area contributed by atoms with Crippen LogP contribution in [-0.4, -0.2) is 55.6 Å². The van der Waals surface area contributed by atoms with Crippen molar-refractivity contribution in [2.75, 3.05) is 25.6 Å². The van der Waals surface area contributed by atoms with Crippen LogP contribution in [0.4, 0.5) is 5.95 Å². The molecular weight excluding hydrogens is 470 g/mol. The molecule has 11 nitrogen and oxygen atoms in total. The standard InChI is InChI=1S/C19H30BrN7O4/c1-19(2,31-12-21)7-4-8-23-13(29)6-3-9-27-16(30)14-15(25-18(27)22)26(10-5-11-28)17(20)24-14/h5,10,28H,3-4,6-9,11-12,21H2,1-2H3,(H2,22,25)(H,23,29). The Labute approximate surface area is 188 Å². The van der Waals surface area contributed by atoms with Gasteiger partial charge in [0, 0.05) is 25.7 Å². The zero-order valence-electron chi connectivity index (χ0n) is 17.8. The summed E-state index contributed by atoms with van der Waals surface area (Å²) in [6.45, 7) is 4.70. The minimum atomic E-state index is -0.387. The summed E-state index contributed by atoms with van der Waals surface area (Å²) < 4.78 is 8.61. The van der Waals surface area contributed by atoms with E-state index >= 15 is 0 Å². The molecule has 0 atom stereocenters. The van der Waals surface area contributed by atoms with E-state index < -0.39 is 0 Å². The Morgan fingerprint density at radius 1 is 1.35 bits per heavy atom. The number of imidazole rings is 1. The summed E-state index contributed by atoms with van der Waals surface area (Å²) in [5, 5.41) is 11.8. The number of hydrogen-bond donors (Lipinski definition) is 4. The van der Waals surface area contributed by atoms with E-state index in [1.54, 1.807) is 6.20 Å². The fourth-order valence-electron chi connectivity index (χ4n) is 3.08. The van der Waals surface area contributed by atoms with Crippen molar-refractivity contribution in [3.8, 4) is 0 Å². The first-order valence-corrected chi connectivity index (χ1v) is 10.8. The van der Waals surface area contributed by atoms with E-state index in [1.165, 1.54) is 15.2 Å². The highest BCUT2D eigenvalue weighted by molar-refractivity contribution is 9.10. The first kappa shape index (κ1) is 25.0. The number of hydrogen-bond acceptors (Lipinski definition) is 8. The number of fused-ring (bicyclic) bond motifs is 1. The number of anilines is 1. The number of ether oxygens (including phenoxy) is 1. The molecule has 12 heteroatoms. The number of aliphatic hydroxyl groups excluding tert-OH is 1. The average Bonchev–Trinajstić information content (AvgIpc) is 3.01. The molecular formula is C19H30BrN7O4. The highest BCUT2D eigenvalue weighted by Gasteiger charge is 2.18. The molecule has 6 N–H and O–H groups in total. The minimum Gasteiger partial charge on any atom is -0.392 e. The Kier molecular flexibility index (Phi) is 9.16. The lowest BCUT2D eigenvalue weighted by Crippen LogP contribution is -2.30. The molecule has 0 saturated carbocycles. The van der Waals surface area contributed by atoms with E-state index in [0.717, 1.165) is 12.8 Å². The number of carbonyl (C=O) groups is 1. The lowest BCUT2D eigenvalue weighted by atomic mass is 10.0. The monoisotopic (exact) mass is 499 g/mol. The van der Waals surface area contributed by atoms with E-state index in [2.05, 4.69) is 31.2 Å². The molecule has 2 aromatic heterocycles. The van der Waals surface area contributed by atoms with Gasteiger partial charge in [0.05, 0.1) is 18.9 Å². The Hall–Kier alpha value is -2.28. The maximum Gasteiger partial charge on any atom is 0.283 e. The third-order valence-corrected chi connectivity index (χ3v) is 5.24. The van der Waals surface area contributed by atoms with E-state index in [4.69, 9.17) is 21.3 Å². The first-order valence-electron chi connectivity index (χ1n) is 10.0. The summed E-state index contributed by atoms with van der Waals surface area (Å²) in [6, 6.07) is 0. The summed E-state index contributed by atoms with van der Waals surface area (Å²) in [7, 11) is 0. The number of nitrogens with zero attached hydrogens (tertiary/aromatic N) is 4. The van der Waals surface area contributed by atoms with Gasteiger partial charge in [-0.05, 0) is 55.1 Å². The van der Waals surface area contributed by atoms with Crippen LogP contribution in [0.25, 0.3) is 17.4 Å². The van der Waals surface area contributed by atoms with Crippen LogP contribution >= 0.6 is 15.9 Å². The van der Waals surface area contributed by atoms with Crippen molar-refractivity contribution in [1.82, 2.24) is 24.4 Å². The van der Waals surface area contributed by atoms with Gasteiger partial charge in [-0.2, -0.15) is 4.98 Å². The highest BCUT2D eigenvalue weighted by Crippen LogP contribution is 2.18. The van der Waals surface area contributed by atoms with Crippen molar-refractivity contribution in [1.29, 1.82) is 0 Å². The van der Waals surface area contributed by atoms with Crippen LogP contribution in [0, 0.1) is 0 Å². The third kappa shape index (κ3) is 6.86. The van der Waals surface area contributed by atoms with Gasteiger partial charge in [0.25, 0.3) is 5.56 Å². The molecule has 2 heterocycles. The summed E-state index contributed by atoms with van der Waals surface area (Å²) in [4.78, 5) is 33.3.